The summed E-state index contributed by atoms with van der Waals surface area (Å²) in [6.07, 6.45) is 11.6. The Hall–Kier alpha value is -4.10. The third-order valence-electron chi connectivity index (χ3n) is 13.1. The quantitative estimate of drug-likeness (QED) is 0.0417. The minimum absolute atomic E-state index is 0.0866. The van der Waals surface area contributed by atoms with Crippen molar-refractivity contribution in [3.05, 3.63) is 95.1 Å². The van der Waals surface area contributed by atoms with Crippen molar-refractivity contribution in [1.29, 1.82) is 0 Å². The second-order valence-electron chi connectivity index (χ2n) is 18.6. The van der Waals surface area contributed by atoms with Crippen molar-refractivity contribution in [2.24, 2.45) is 0 Å². The summed E-state index contributed by atoms with van der Waals surface area (Å²) in [7, 11) is 3.80. The first-order valence-electron chi connectivity index (χ1n) is 23.3. The number of aliphatic carboxylic acids is 2. The van der Waals surface area contributed by atoms with Crippen molar-refractivity contribution in [2.45, 2.75) is 126 Å². The highest BCUT2D eigenvalue weighted by atomic mass is 33.1. The summed E-state index contributed by atoms with van der Waals surface area (Å²) in [5.41, 5.74) is 4.19. The minimum atomic E-state index is -0.877. The Morgan fingerprint density at radius 3 is 1.30 bits per heavy atom. The molecule has 2 atom stereocenters. The molecular weight excluding hydrogens is 845 g/mol. The van der Waals surface area contributed by atoms with Crippen LogP contribution in [0.5, 0.6) is 0 Å². The number of rotatable bonds is 23. The van der Waals surface area contributed by atoms with Gasteiger partial charge in [-0.2, -0.15) is 0 Å². The lowest BCUT2D eigenvalue weighted by Gasteiger charge is -2.45. The Kier molecular flexibility index (Phi) is 18.0. The van der Waals surface area contributed by atoms with Gasteiger partial charge in [-0.1, -0.05) is 144 Å². The summed E-state index contributed by atoms with van der Waals surface area (Å²) in [5, 5.41) is 24.4. The monoisotopic (exact) mass is 912 g/mol. The number of carbonyl (C=O) groups is 4. The molecule has 0 amide bonds. The second-order valence-corrected chi connectivity index (χ2v) is 21.6. The smallest absolute Gasteiger partial charge is 0.317 e. The number of hydrogen-bond acceptors (Lipinski definition) is 10. The maximum atomic E-state index is 13.1. The predicted octanol–water partition coefficient (Wildman–Crippen LogP) is 10.9. The lowest BCUT2D eigenvalue weighted by molar-refractivity contribution is -0.146. The molecule has 4 aromatic carbocycles. The van der Waals surface area contributed by atoms with Gasteiger partial charge in [0.25, 0.3) is 0 Å². The number of carbonyl (C=O) groups excluding carboxylic acids is 2. The van der Waals surface area contributed by atoms with Gasteiger partial charge < -0.3 is 19.7 Å². The summed E-state index contributed by atoms with van der Waals surface area (Å²) >= 11 is 0. The van der Waals surface area contributed by atoms with Crippen molar-refractivity contribution in [3.63, 3.8) is 0 Å². The molecule has 0 heterocycles. The van der Waals surface area contributed by atoms with Gasteiger partial charge in [0.2, 0.25) is 0 Å². The second kappa shape index (κ2) is 23.4. The Labute approximate surface area is 387 Å². The number of fused-ring (bicyclic) bond motifs is 2. The van der Waals surface area contributed by atoms with Crippen LogP contribution in [0.4, 0.5) is 0 Å². The van der Waals surface area contributed by atoms with Crippen LogP contribution < -0.4 is 0 Å². The van der Waals surface area contributed by atoms with E-state index >= 15 is 0 Å². The molecular formula is C52H68N2O8S2. The average molecular weight is 913 g/mol. The fraction of sp³-hybridized carbons (Fsp3) is 0.538. The highest BCUT2D eigenvalue weighted by Gasteiger charge is 2.41. The van der Waals surface area contributed by atoms with Gasteiger partial charge in [0.1, 0.15) is 0 Å². The fourth-order valence-corrected chi connectivity index (χ4v) is 13.6. The molecule has 2 saturated carbocycles. The first-order valence-corrected chi connectivity index (χ1v) is 25.5. The van der Waals surface area contributed by atoms with Crippen molar-refractivity contribution < 1.29 is 38.9 Å². The Bertz CT molecular complexity index is 2060. The Morgan fingerprint density at radius 2 is 0.922 bits per heavy atom. The van der Waals surface area contributed by atoms with E-state index in [4.69, 9.17) is 9.47 Å². The van der Waals surface area contributed by atoms with E-state index in [0.29, 0.717) is 39.0 Å². The zero-order chi connectivity index (χ0) is 45.7. The summed E-state index contributed by atoms with van der Waals surface area (Å²) in [6.45, 7) is 10.3. The molecule has 0 unspecified atom stereocenters. The molecule has 10 nitrogen and oxygen atoms in total. The molecule has 2 N–H and O–H groups in total. The zero-order valence-electron chi connectivity index (χ0n) is 38.3. The summed E-state index contributed by atoms with van der Waals surface area (Å²) < 4.78 is 11.2. The van der Waals surface area contributed by atoms with Crippen LogP contribution in [0.1, 0.15) is 125 Å². The van der Waals surface area contributed by atoms with Crippen molar-refractivity contribution in [1.82, 2.24) is 9.80 Å². The number of hydrogen-bond donors (Lipinski definition) is 2. The molecule has 0 aromatic heterocycles. The first kappa shape index (κ1) is 49.3. The highest BCUT2D eigenvalue weighted by Crippen LogP contribution is 2.54. The largest absolute Gasteiger partial charge is 0.480 e. The van der Waals surface area contributed by atoms with Crippen LogP contribution in [0.25, 0.3) is 21.5 Å². The van der Waals surface area contributed by atoms with Crippen LogP contribution in [-0.2, 0) is 28.7 Å². The predicted molar refractivity (Wildman–Crippen MR) is 260 cm³/mol. The van der Waals surface area contributed by atoms with E-state index in [-0.39, 0.29) is 47.7 Å². The number of aryl methyl sites for hydroxylation is 2. The van der Waals surface area contributed by atoms with Gasteiger partial charge >= 0.3 is 23.9 Å². The molecule has 0 aliphatic heterocycles. The molecule has 0 saturated heterocycles. The van der Waals surface area contributed by atoms with Crippen LogP contribution in [0.15, 0.2) is 72.8 Å². The van der Waals surface area contributed by atoms with Gasteiger partial charge in [0.15, 0.2) is 0 Å². The van der Waals surface area contributed by atoms with Crippen LogP contribution >= 0.6 is 21.6 Å². The molecule has 0 bridgehead atoms. The number of nitrogens with zero attached hydrogens (tertiary/aromatic N) is 2. The van der Waals surface area contributed by atoms with Crippen LogP contribution in [0.2, 0.25) is 0 Å². The molecule has 2 fully saturated rings. The molecule has 346 valence electrons. The maximum absolute atomic E-state index is 13.1. The van der Waals surface area contributed by atoms with E-state index < -0.39 is 23.8 Å². The van der Waals surface area contributed by atoms with E-state index in [1.807, 2.05) is 81.6 Å². The first-order chi connectivity index (χ1) is 30.7. The highest BCUT2D eigenvalue weighted by molar-refractivity contribution is 8.77. The van der Waals surface area contributed by atoms with Crippen molar-refractivity contribution >= 4 is 67.0 Å². The molecule has 2 aliphatic carbocycles. The van der Waals surface area contributed by atoms with E-state index in [1.54, 1.807) is 0 Å². The fourth-order valence-electron chi connectivity index (χ4n) is 9.48. The number of carboxylic acid groups (broad SMARTS) is 2. The van der Waals surface area contributed by atoms with E-state index in [1.165, 1.54) is 11.1 Å². The van der Waals surface area contributed by atoms with Gasteiger partial charge in [0.05, 0.1) is 38.1 Å². The van der Waals surface area contributed by atoms with Gasteiger partial charge in [-0.25, -0.2) is 0 Å². The lowest BCUT2D eigenvalue weighted by atomic mass is 9.87. The topological polar surface area (TPSA) is 134 Å². The minimum Gasteiger partial charge on any atom is -0.480 e. The van der Waals surface area contributed by atoms with E-state index in [0.717, 1.165) is 96.9 Å². The Morgan fingerprint density at radius 1 is 0.562 bits per heavy atom. The molecule has 64 heavy (non-hydrogen) atoms. The van der Waals surface area contributed by atoms with E-state index in [2.05, 4.69) is 50.2 Å². The zero-order valence-corrected chi connectivity index (χ0v) is 39.9. The summed E-state index contributed by atoms with van der Waals surface area (Å²) in [6, 6.07) is 24.7. The number of esters is 2. The van der Waals surface area contributed by atoms with Crippen LogP contribution in [0.3, 0.4) is 0 Å². The Balaban J connectivity index is 1.03. The third-order valence-corrected chi connectivity index (χ3v) is 17.4. The van der Waals surface area contributed by atoms with Gasteiger partial charge in [-0.15, -0.1) is 0 Å². The van der Waals surface area contributed by atoms with Crippen LogP contribution in [-0.4, -0.2) is 106 Å². The summed E-state index contributed by atoms with van der Waals surface area (Å²) in [4.78, 5) is 54.7. The molecule has 6 rings (SSSR count). The molecule has 2 aliphatic rings. The number of ether oxygens (including phenoxy) is 2. The summed E-state index contributed by atoms with van der Waals surface area (Å²) in [5.74, 6) is -3.17. The number of benzene rings is 4. The molecule has 4 aromatic rings. The van der Waals surface area contributed by atoms with Crippen molar-refractivity contribution in [2.75, 3.05) is 52.5 Å². The van der Waals surface area contributed by atoms with Crippen LogP contribution in [0, 0.1) is 13.8 Å². The lowest BCUT2D eigenvalue weighted by Crippen LogP contribution is -2.46. The van der Waals surface area contributed by atoms with Gasteiger partial charge in [-0.3, -0.25) is 29.0 Å². The third kappa shape index (κ3) is 14.2. The normalized spacial score (nSPS) is 17.0. The maximum Gasteiger partial charge on any atom is 0.317 e. The SMILES string of the molecule is Cc1ccc2cc([C@H](C)C(=O)OCCCN(CC(=O)O)CC3(SSC4(CN(CCCOC(=O)[C@@H](C)c5ccc6cc(C)ccc6c5)CC(=O)O)CCCCC4)CCCCC3)ccc2c1. The van der Waals surface area contributed by atoms with Gasteiger partial charge in [-0.05, 0) is 98.9 Å². The average Bonchev–Trinajstić information content (AvgIpc) is 3.27. The molecule has 0 spiro atoms. The van der Waals surface area contributed by atoms with Gasteiger partial charge in [0, 0.05) is 35.7 Å². The van der Waals surface area contributed by atoms with E-state index in [9.17, 15) is 29.4 Å². The number of carboxylic acids is 2. The molecule has 0 radical (unpaired) electrons. The van der Waals surface area contributed by atoms with Crippen molar-refractivity contribution in [3.8, 4) is 0 Å². The standard InChI is InChI=1S/C52H68N2O8S2/c1-37-13-15-45-31-41(17-19-43(45)29-37)39(3)49(59)61-27-11-25-53(33-47(55)56)35-51(21-7-5-8-22-51)63-64-52(23-9-6-10-24-52)36-54(34-48(57)58)26-12-28-62-50(60)40(4)42-18-20-44-30-38(2)14-16-46(44)32-42/h13-20,29-32,39-40H,5-12,21-28,33-36H2,1-4H3,(H,55,56)(H,57,58)/t39-,40-/m0/s1. The molecule has 12 heteroatoms.